The number of aryl methyl sites for hydroxylation is 3. The number of hydrogen-bond acceptors (Lipinski definition) is 3. The Labute approximate surface area is 179 Å². The predicted molar refractivity (Wildman–Crippen MR) is 118 cm³/mol. The first-order valence-electron chi connectivity index (χ1n) is 9.69. The van der Waals surface area contributed by atoms with E-state index in [1.54, 1.807) is 13.0 Å². The Bertz CT molecular complexity index is 968. The Morgan fingerprint density at radius 2 is 1.86 bits per heavy atom. The summed E-state index contributed by atoms with van der Waals surface area (Å²) in [7, 11) is 0. The number of aromatic amines is 1. The molecule has 1 aromatic carbocycles. The van der Waals surface area contributed by atoms with Crippen LogP contribution in [-0.4, -0.2) is 21.8 Å². The molecule has 1 heterocycles. The molecule has 7 heteroatoms. The Morgan fingerprint density at radius 3 is 2.48 bits per heavy atom. The fourth-order valence-electron chi connectivity index (χ4n) is 3.03. The van der Waals surface area contributed by atoms with Crippen LogP contribution in [0.25, 0.3) is 0 Å². The molecule has 1 aromatic heterocycles. The number of benzene rings is 1. The molecule has 29 heavy (non-hydrogen) atoms. The standard InChI is InChI=1S/C22H28BrN3O3/c1-6-13(2)9-20(27)25-26(12-19-15(4)10-16(5)24-21(19)28)22(29)18-11-17(23)8-7-14(18)3/h7-8,10-11,13H,6,9,12H2,1-5H3,(H,24,28)(H,25,27). The number of nitrogens with zero attached hydrogens (tertiary/aromatic N) is 1. The maximum Gasteiger partial charge on any atom is 0.272 e. The Hall–Kier alpha value is -2.41. The van der Waals surface area contributed by atoms with E-state index in [2.05, 4.69) is 26.3 Å². The van der Waals surface area contributed by atoms with Crippen molar-refractivity contribution in [2.24, 2.45) is 5.92 Å². The molecular formula is C22H28BrN3O3. The number of carbonyl (C=O) groups excluding carboxylic acids is 2. The quantitative estimate of drug-likeness (QED) is 0.633. The lowest BCUT2D eigenvalue weighted by atomic mass is 10.1. The first kappa shape index (κ1) is 22.9. The summed E-state index contributed by atoms with van der Waals surface area (Å²) in [5, 5.41) is 1.24. The molecule has 0 aliphatic rings. The van der Waals surface area contributed by atoms with Crippen molar-refractivity contribution >= 4 is 27.7 Å². The second-order valence-corrected chi connectivity index (χ2v) is 8.46. The van der Waals surface area contributed by atoms with Gasteiger partial charge in [-0.3, -0.25) is 19.8 Å². The minimum absolute atomic E-state index is 0.0154. The minimum atomic E-state index is -0.360. The van der Waals surface area contributed by atoms with Gasteiger partial charge in [-0.15, -0.1) is 0 Å². The maximum atomic E-state index is 13.3. The number of amides is 2. The number of carbonyl (C=O) groups is 2. The SMILES string of the molecule is CCC(C)CC(=O)NN(Cc1c(C)cc(C)[nH]c1=O)C(=O)c1cc(Br)ccc1C. The lowest BCUT2D eigenvalue weighted by molar-refractivity contribution is -0.126. The van der Waals surface area contributed by atoms with Crippen molar-refractivity contribution in [3.05, 3.63) is 67.0 Å². The van der Waals surface area contributed by atoms with Crippen LogP contribution in [0.15, 0.2) is 33.5 Å². The van der Waals surface area contributed by atoms with Crippen LogP contribution in [0.4, 0.5) is 0 Å². The number of hydrazine groups is 1. The topological polar surface area (TPSA) is 82.3 Å². The smallest absolute Gasteiger partial charge is 0.272 e. The average Bonchev–Trinajstić information content (AvgIpc) is 2.64. The molecule has 2 N–H and O–H groups in total. The van der Waals surface area contributed by atoms with E-state index in [4.69, 9.17) is 0 Å². The van der Waals surface area contributed by atoms with Crippen molar-refractivity contribution in [2.75, 3.05) is 0 Å². The molecule has 2 rings (SSSR count). The van der Waals surface area contributed by atoms with E-state index in [-0.39, 0.29) is 29.8 Å². The second kappa shape index (κ2) is 9.87. The van der Waals surface area contributed by atoms with E-state index in [1.807, 2.05) is 45.9 Å². The van der Waals surface area contributed by atoms with E-state index in [0.717, 1.165) is 27.7 Å². The van der Waals surface area contributed by atoms with Crippen molar-refractivity contribution in [1.29, 1.82) is 0 Å². The lowest BCUT2D eigenvalue weighted by Crippen LogP contribution is -2.47. The molecule has 0 saturated carbocycles. The Balaban J connectivity index is 2.40. The van der Waals surface area contributed by atoms with E-state index in [0.29, 0.717) is 17.5 Å². The molecule has 156 valence electrons. The van der Waals surface area contributed by atoms with Gasteiger partial charge in [0.2, 0.25) is 5.91 Å². The molecule has 0 saturated heterocycles. The molecule has 2 amide bonds. The number of aromatic nitrogens is 1. The number of hydrogen-bond donors (Lipinski definition) is 2. The normalized spacial score (nSPS) is 11.8. The van der Waals surface area contributed by atoms with Crippen molar-refractivity contribution in [3.63, 3.8) is 0 Å². The summed E-state index contributed by atoms with van der Waals surface area (Å²) >= 11 is 3.39. The van der Waals surface area contributed by atoms with Crippen molar-refractivity contribution in [3.8, 4) is 0 Å². The second-order valence-electron chi connectivity index (χ2n) is 7.55. The average molecular weight is 462 g/mol. The maximum absolute atomic E-state index is 13.3. The third-order valence-corrected chi connectivity index (χ3v) is 5.47. The Morgan fingerprint density at radius 1 is 1.17 bits per heavy atom. The van der Waals surface area contributed by atoms with Gasteiger partial charge in [-0.05, 0) is 56.0 Å². The van der Waals surface area contributed by atoms with Crippen LogP contribution in [0.5, 0.6) is 0 Å². The van der Waals surface area contributed by atoms with Gasteiger partial charge in [-0.2, -0.15) is 0 Å². The number of halogens is 1. The van der Waals surface area contributed by atoms with E-state index < -0.39 is 0 Å². The van der Waals surface area contributed by atoms with Gasteiger partial charge in [0.25, 0.3) is 11.5 Å². The molecule has 0 aliphatic heterocycles. The van der Waals surface area contributed by atoms with Gasteiger partial charge in [-0.25, -0.2) is 5.01 Å². The van der Waals surface area contributed by atoms with Crippen LogP contribution in [0, 0.1) is 26.7 Å². The van der Waals surface area contributed by atoms with E-state index in [9.17, 15) is 14.4 Å². The zero-order valence-electron chi connectivity index (χ0n) is 17.6. The zero-order valence-corrected chi connectivity index (χ0v) is 19.1. The lowest BCUT2D eigenvalue weighted by Gasteiger charge is -2.25. The van der Waals surface area contributed by atoms with Crippen LogP contribution in [0.2, 0.25) is 0 Å². The third-order valence-electron chi connectivity index (χ3n) is 4.98. The first-order chi connectivity index (χ1) is 13.6. The van der Waals surface area contributed by atoms with Crippen molar-refractivity contribution < 1.29 is 9.59 Å². The van der Waals surface area contributed by atoms with Crippen LogP contribution >= 0.6 is 15.9 Å². The molecule has 2 aromatic rings. The largest absolute Gasteiger partial charge is 0.326 e. The summed E-state index contributed by atoms with van der Waals surface area (Å²) in [5.41, 5.74) is 5.67. The number of rotatable bonds is 6. The molecule has 0 radical (unpaired) electrons. The summed E-state index contributed by atoms with van der Waals surface area (Å²) in [4.78, 5) is 41.0. The predicted octanol–water partition coefficient (Wildman–Crippen LogP) is 4.17. The molecule has 1 unspecified atom stereocenters. The summed E-state index contributed by atoms with van der Waals surface area (Å²) < 4.78 is 0.765. The monoisotopic (exact) mass is 461 g/mol. The molecule has 0 fully saturated rings. The molecule has 0 spiro atoms. The summed E-state index contributed by atoms with van der Waals surface area (Å²) in [6.45, 7) is 9.45. The van der Waals surface area contributed by atoms with E-state index in [1.165, 1.54) is 5.01 Å². The number of H-pyrrole nitrogens is 1. The van der Waals surface area contributed by atoms with Crippen LogP contribution < -0.4 is 11.0 Å². The molecule has 0 aliphatic carbocycles. The molecular weight excluding hydrogens is 434 g/mol. The highest BCUT2D eigenvalue weighted by atomic mass is 79.9. The summed E-state index contributed by atoms with van der Waals surface area (Å²) in [6, 6.07) is 7.26. The van der Waals surface area contributed by atoms with Crippen molar-refractivity contribution in [1.82, 2.24) is 15.4 Å². The van der Waals surface area contributed by atoms with Gasteiger partial charge < -0.3 is 4.98 Å². The van der Waals surface area contributed by atoms with Gasteiger partial charge in [0.15, 0.2) is 0 Å². The summed E-state index contributed by atoms with van der Waals surface area (Å²) in [6.07, 6.45) is 1.17. The van der Waals surface area contributed by atoms with Crippen LogP contribution in [0.1, 0.15) is 59.4 Å². The molecule has 0 bridgehead atoms. The van der Waals surface area contributed by atoms with E-state index >= 15 is 0 Å². The highest BCUT2D eigenvalue weighted by molar-refractivity contribution is 9.10. The number of pyridine rings is 1. The summed E-state index contributed by atoms with van der Waals surface area (Å²) in [5.74, 6) is -0.411. The highest BCUT2D eigenvalue weighted by Gasteiger charge is 2.23. The fourth-order valence-corrected chi connectivity index (χ4v) is 3.39. The molecule has 1 atom stereocenters. The number of nitrogens with one attached hydrogen (secondary N) is 2. The fraction of sp³-hybridized carbons (Fsp3) is 0.409. The Kier molecular flexibility index (Phi) is 7.79. The molecule has 6 nitrogen and oxygen atoms in total. The van der Waals surface area contributed by atoms with Gasteiger partial charge in [0.05, 0.1) is 6.54 Å². The van der Waals surface area contributed by atoms with Crippen LogP contribution in [-0.2, 0) is 11.3 Å². The van der Waals surface area contributed by atoms with Gasteiger partial charge in [-0.1, -0.05) is 42.3 Å². The third kappa shape index (κ3) is 6.03. The van der Waals surface area contributed by atoms with Crippen molar-refractivity contribution in [2.45, 2.75) is 54.0 Å². The first-order valence-corrected chi connectivity index (χ1v) is 10.5. The zero-order chi connectivity index (χ0) is 21.7. The van der Waals surface area contributed by atoms with Gasteiger partial charge in [0, 0.05) is 27.7 Å². The van der Waals surface area contributed by atoms with Crippen LogP contribution in [0.3, 0.4) is 0 Å². The van der Waals surface area contributed by atoms with Gasteiger partial charge >= 0.3 is 0 Å². The minimum Gasteiger partial charge on any atom is -0.326 e. The highest BCUT2D eigenvalue weighted by Crippen LogP contribution is 2.19. The van der Waals surface area contributed by atoms with Gasteiger partial charge in [0.1, 0.15) is 0 Å².